The number of benzene rings is 2. The second-order valence-corrected chi connectivity index (χ2v) is 5.30. The first-order valence-electron chi connectivity index (χ1n) is 6.54. The average molecular weight is 300 g/mol. The van der Waals surface area contributed by atoms with Gasteiger partial charge in [0.2, 0.25) is 0 Å². The van der Waals surface area contributed by atoms with Crippen molar-refractivity contribution in [3.8, 4) is 0 Å². The summed E-state index contributed by atoms with van der Waals surface area (Å²) in [6, 6.07) is 12.2. The number of aryl methyl sites for hydroxylation is 2. The minimum absolute atomic E-state index is 0.219. The monoisotopic (exact) mass is 300 g/mol. The Morgan fingerprint density at radius 2 is 1.76 bits per heavy atom. The molecule has 2 aromatic rings. The van der Waals surface area contributed by atoms with E-state index < -0.39 is 5.97 Å². The molecule has 0 heterocycles. The molecule has 0 radical (unpaired) electrons. The zero-order valence-corrected chi connectivity index (χ0v) is 12.8. The Morgan fingerprint density at radius 1 is 1.05 bits per heavy atom. The summed E-state index contributed by atoms with van der Waals surface area (Å²) in [5.74, 6) is -0.763. The third-order valence-corrected chi connectivity index (χ3v) is 3.68. The average Bonchev–Trinajstić information content (AvgIpc) is 2.47. The van der Waals surface area contributed by atoms with Gasteiger partial charge in [-0.25, -0.2) is 4.79 Å². The van der Waals surface area contributed by atoms with Crippen LogP contribution in [0.15, 0.2) is 47.4 Å². The topological polar surface area (TPSA) is 43.4 Å². The molecule has 0 aromatic heterocycles. The van der Waals surface area contributed by atoms with Crippen LogP contribution < -0.4 is 0 Å². The van der Waals surface area contributed by atoms with Crippen LogP contribution in [-0.4, -0.2) is 18.4 Å². The molecule has 4 heteroatoms. The van der Waals surface area contributed by atoms with Gasteiger partial charge in [0.25, 0.3) is 0 Å². The SMILES string of the molecule is Cc1ccc(C(=O)COC(=O)c2ccccc2S)cc1C. The molecule has 0 spiro atoms. The maximum absolute atomic E-state index is 12.0. The lowest BCUT2D eigenvalue weighted by Gasteiger charge is -2.07. The van der Waals surface area contributed by atoms with E-state index in [1.807, 2.05) is 19.9 Å². The van der Waals surface area contributed by atoms with E-state index in [4.69, 9.17) is 4.74 Å². The maximum Gasteiger partial charge on any atom is 0.339 e. The highest BCUT2D eigenvalue weighted by molar-refractivity contribution is 7.80. The summed E-state index contributed by atoms with van der Waals surface area (Å²) in [5.41, 5.74) is 3.05. The van der Waals surface area contributed by atoms with E-state index in [9.17, 15) is 9.59 Å². The third-order valence-electron chi connectivity index (χ3n) is 3.29. The third kappa shape index (κ3) is 3.73. The van der Waals surface area contributed by atoms with Gasteiger partial charge in [0.05, 0.1) is 5.56 Å². The van der Waals surface area contributed by atoms with Gasteiger partial charge < -0.3 is 4.74 Å². The summed E-state index contributed by atoms with van der Waals surface area (Å²) in [5, 5.41) is 0. The number of hydrogen-bond donors (Lipinski definition) is 1. The number of thiol groups is 1. The Kier molecular flexibility index (Phi) is 4.81. The van der Waals surface area contributed by atoms with Crippen molar-refractivity contribution < 1.29 is 14.3 Å². The molecular weight excluding hydrogens is 284 g/mol. The normalized spacial score (nSPS) is 10.2. The van der Waals surface area contributed by atoms with E-state index in [2.05, 4.69) is 12.6 Å². The minimum Gasteiger partial charge on any atom is -0.454 e. The Balaban J connectivity index is 2.02. The predicted octanol–water partition coefficient (Wildman–Crippen LogP) is 3.63. The fourth-order valence-electron chi connectivity index (χ4n) is 1.85. The molecule has 0 aliphatic heterocycles. The van der Waals surface area contributed by atoms with E-state index in [1.54, 1.807) is 36.4 Å². The van der Waals surface area contributed by atoms with Crippen molar-refractivity contribution >= 4 is 24.4 Å². The number of carbonyl (C=O) groups excluding carboxylic acids is 2. The van der Waals surface area contributed by atoms with Gasteiger partial charge in [0.15, 0.2) is 12.4 Å². The standard InChI is InChI=1S/C17H16O3S/c1-11-7-8-13(9-12(11)2)15(18)10-20-17(19)14-5-3-4-6-16(14)21/h3-9,21H,10H2,1-2H3. The van der Waals surface area contributed by atoms with Crippen LogP contribution in [0.25, 0.3) is 0 Å². The van der Waals surface area contributed by atoms with E-state index in [0.717, 1.165) is 11.1 Å². The molecule has 0 N–H and O–H groups in total. The fourth-order valence-corrected chi connectivity index (χ4v) is 2.11. The Hall–Kier alpha value is -2.07. The lowest BCUT2D eigenvalue weighted by atomic mass is 10.0. The number of carbonyl (C=O) groups is 2. The molecule has 0 saturated heterocycles. The smallest absolute Gasteiger partial charge is 0.339 e. The summed E-state index contributed by atoms with van der Waals surface area (Å²) in [6.07, 6.45) is 0. The van der Waals surface area contributed by atoms with E-state index in [0.29, 0.717) is 16.0 Å². The lowest BCUT2D eigenvalue weighted by molar-refractivity contribution is 0.0471. The van der Waals surface area contributed by atoms with Crippen LogP contribution in [0.1, 0.15) is 31.8 Å². The zero-order chi connectivity index (χ0) is 15.4. The van der Waals surface area contributed by atoms with Gasteiger partial charge in [-0.1, -0.05) is 24.3 Å². The van der Waals surface area contributed by atoms with Gasteiger partial charge in [0, 0.05) is 10.5 Å². The van der Waals surface area contributed by atoms with Crippen molar-refractivity contribution in [2.24, 2.45) is 0 Å². The van der Waals surface area contributed by atoms with E-state index in [-0.39, 0.29) is 12.4 Å². The van der Waals surface area contributed by atoms with Gasteiger partial charge >= 0.3 is 5.97 Å². The maximum atomic E-state index is 12.0. The minimum atomic E-state index is -0.544. The summed E-state index contributed by atoms with van der Waals surface area (Å²) in [4.78, 5) is 24.5. The van der Waals surface area contributed by atoms with Gasteiger partial charge in [0.1, 0.15) is 0 Å². The molecule has 0 atom stereocenters. The van der Waals surface area contributed by atoms with Crippen LogP contribution in [0.3, 0.4) is 0 Å². The second-order valence-electron chi connectivity index (χ2n) is 4.82. The Bertz CT molecular complexity index is 692. The van der Waals surface area contributed by atoms with Crippen LogP contribution in [0.5, 0.6) is 0 Å². The number of ether oxygens (including phenoxy) is 1. The predicted molar refractivity (Wildman–Crippen MR) is 84.2 cm³/mol. The number of Topliss-reactive ketones (excluding diaryl/α,β-unsaturated/α-hetero) is 1. The van der Waals surface area contributed by atoms with Gasteiger partial charge in [-0.2, -0.15) is 0 Å². The highest BCUT2D eigenvalue weighted by atomic mass is 32.1. The molecule has 2 aromatic carbocycles. The molecule has 0 saturated carbocycles. The van der Waals surface area contributed by atoms with Crippen LogP contribution in [0.2, 0.25) is 0 Å². The molecule has 0 fully saturated rings. The van der Waals surface area contributed by atoms with Gasteiger partial charge in [-0.15, -0.1) is 12.6 Å². The summed E-state index contributed by atoms with van der Waals surface area (Å²) < 4.78 is 5.06. The highest BCUT2D eigenvalue weighted by Crippen LogP contribution is 2.15. The quantitative estimate of drug-likeness (QED) is 0.532. The van der Waals surface area contributed by atoms with E-state index in [1.165, 1.54) is 0 Å². The molecular formula is C17H16O3S. The van der Waals surface area contributed by atoms with E-state index >= 15 is 0 Å². The van der Waals surface area contributed by atoms with Gasteiger partial charge in [-0.3, -0.25) is 4.79 Å². The summed E-state index contributed by atoms with van der Waals surface area (Å²) in [6.45, 7) is 3.64. The molecule has 0 amide bonds. The number of ketones is 1. The number of rotatable bonds is 4. The van der Waals surface area contributed by atoms with Crippen LogP contribution in [0.4, 0.5) is 0 Å². The molecule has 0 aliphatic rings. The van der Waals surface area contributed by atoms with Crippen LogP contribution in [-0.2, 0) is 4.74 Å². The van der Waals surface area contributed by atoms with Crippen molar-refractivity contribution in [3.63, 3.8) is 0 Å². The van der Waals surface area contributed by atoms with Crippen molar-refractivity contribution in [2.45, 2.75) is 18.7 Å². The fraction of sp³-hybridized carbons (Fsp3) is 0.176. The largest absolute Gasteiger partial charge is 0.454 e. The van der Waals surface area contributed by atoms with Crippen molar-refractivity contribution in [3.05, 3.63) is 64.7 Å². The zero-order valence-electron chi connectivity index (χ0n) is 11.9. The van der Waals surface area contributed by atoms with Crippen LogP contribution in [0, 0.1) is 13.8 Å². The van der Waals surface area contributed by atoms with Crippen molar-refractivity contribution in [1.29, 1.82) is 0 Å². The highest BCUT2D eigenvalue weighted by Gasteiger charge is 2.14. The lowest BCUT2D eigenvalue weighted by Crippen LogP contribution is -2.14. The molecule has 2 rings (SSSR count). The molecule has 108 valence electrons. The number of esters is 1. The summed E-state index contributed by atoms with van der Waals surface area (Å²) >= 11 is 4.19. The Labute approximate surface area is 129 Å². The van der Waals surface area contributed by atoms with Gasteiger partial charge in [-0.05, 0) is 43.2 Å². The molecule has 3 nitrogen and oxygen atoms in total. The van der Waals surface area contributed by atoms with Crippen molar-refractivity contribution in [2.75, 3.05) is 6.61 Å². The molecule has 0 unspecified atom stereocenters. The summed E-state index contributed by atoms with van der Waals surface area (Å²) in [7, 11) is 0. The number of hydrogen-bond acceptors (Lipinski definition) is 4. The molecule has 21 heavy (non-hydrogen) atoms. The first-order valence-corrected chi connectivity index (χ1v) is 6.99. The Morgan fingerprint density at radius 3 is 2.43 bits per heavy atom. The molecule has 0 bridgehead atoms. The van der Waals surface area contributed by atoms with Crippen molar-refractivity contribution in [1.82, 2.24) is 0 Å². The molecule has 0 aliphatic carbocycles. The second kappa shape index (κ2) is 6.59. The van der Waals surface area contributed by atoms with Crippen LogP contribution >= 0.6 is 12.6 Å². The first kappa shape index (κ1) is 15.3. The first-order chi connectivity index (χ1) is 9.99.